The van der Waals surface area contributed by atoms with Gasteiger partial charge in [0.25, 0.3) is 0 Å². The van der Waals surface area contributed by atoms with Crippen LogP contribution in [0.15, 0.2) is 18.6 Å². The third kappa shape index (κ3) is 2.15. The van der Waals surface area contributed by atoms with Crippen LogP contribution in [-0.4, -0.2) is 28.0 Å². The Bertz CT molecular complexity index is 585. The number of nitrogens with one attached hydrogen (secondary N) is 2. The molecule has 7 nitrogen and oxygen atoms in total. The van der Waals surface area contributed by atoms with E-state index < -0.39 is 6.03 Å². The number of nitrogens with zero attached hydrogens (tertiary/aromatic N) is 3. The Kier molecular flexibility index (Phi) is 3.22. The van der Waals surface area contributed by atoms with Gasteiger partial charge >= 0.3 is 6.03 Å². The second kappa shape index (κ2) is 4.82. The van der Waals surface area contributed by atoms with Gasteiger partial charge in [0.05, 0.1) is 11.6 Å². The standard InChI is InChI=1S/C11H14N6O/c1-6(17-11(12)18)7-5-16-10(13-2)9-8(7)14-3-4-15-9/h3-6H,1-2H3,(H,13,16)(H3,12,17,18). The van der Waals surface area contributed by atoms with Crippen LogP contribution in [0.4, 0.5) is 10.6 Å². The smallest absolute Gasteiger partial charge is 0.312 e. The number of hydrogen-bond acceptors (Lipinski definition) is 5. The predicted octanol–water partition coefficient (Wildman–Crippen LogP) is 0.796. The van der Waals surface area contributed by atoms with Crippen LogP contribution in [0.3, 0.4) is 0 Å². The molecule has 18 heavy (non-hydrogen) atoms. The van der Waals surface area contributed by atoms with Gasteiger partial charge in [-0.25, -0.2) is 14.8 Å². The van der Waals surface area contributed by atoms with Crippen molar-refractivity contribution < 1.29 is 4.79 Å². The molecule has 1 unspecified atom stereocenters. The second-order valence-electron chi connectivity index (χ2n) is 3.80. The molecule has 0 aliphatic carbocycles. The fourth-order valence-corrected chi connectivity index (χ4v) is 1.77. The van der Waals surface area contributed by atoms with Crippen molar-refractivity contribution in [2.45, 2.75) is 13.0 Å². The SMILES string of the molecule is CNc1ncc(C(C)NC(N)=O)c2nccnc12. The molecule has 2 aromatic rings. The highest BCUT2D eigenvalue weighted by Gasteiger charge is 2.15. The monoisotopic (exact) mass is 246 g/mol. The quantitative estimate of drug-likeness (QED) is 0.742. The van der Waals surface area contributed by atoms with Gasteiger partial charge < -0.3 is 16.4 Å². The molecular weight excluding hydrogens is 232 g/mol. The van der Waals surface area contributed by atoms with E-state index in [0.717, 1.165) is 5.56 Å². The molecule has 94 valence electrons. The highest BCUT2D eigenvalue weighted by molar-refractivity contribution is 5.87. The highest BCUT2D eigenvalue weighted by atomic mass is 16.2. The average molecular weight is 246 g/mol. The minimum atomic E-state index is -0.586. The molecule has 2 rings (SSSR count). The third-order valence-corrected chi connectivity index (χ3v) is 2.59. The zero-order chi connectivity index (χ0) is 13.1. The third-order valence-electron chi connectivity index (χ3n) is 2.59. The number of carbonyl (C=O) groups excluding carboxylic acids is 1. The van der Waals surface area contributed by atoms with Gasteiger partial charge in [-0.1, -0.05) is 0 Å². The number of fused-ring (bicyclic) bond motifs is 1. The molecule has 2 heterocycles. The Morgan fingerprint density at radius 2 is 1.94 bits per heavy atom. The molecule has 7 heteroatoms. The summed E-state index contributed by atoms with van der Waals surface area (Å²) >= 11 is 0. The lowest BCUT2D eigenvalue weighted by atomic mass is 10.1. The number of nitrogens with two attached hydrogens (primary N) is 1. The summed E-state index contributed by atoms with van der Waals surface area (Å²) in [6.45, 7) is 1.81. The molecule has 0 aliphatic heterocycles. The Balaban J connectivity index is 2.55. The molecule has 0 aliphatic rings. The normalized spacial score (nSPS) is 12.1. The Morgan fingerprint density at radius 3 is 2.56 bits per heavy atom. The molecule has 0 radical (unpaired) electrons. The Labute approximate surface area is 104 Å². The lowest BCUT2D eigenvalue weighted by molar-refractivity contribution is 0.246. The van der Waals surface area contributed by atoms with Gasteiger partial charge in [-0.15, -0.1) is 0 Å². The minimum Gasteiger partial charge on any atom is -0.371 e. The van der Waals surface area contributed by atoms with Crippen LogP contribution in [0.1, 0.15) is 18.5 Å². The maximum Gasteiger partial charge on any atom is 0.312 e. The zero-order valence-corrected chi connectivity index (χ0v) is 10.1. The van der Waals surface area contributed by atoms with Crippen LogP contribution in [0, 0.1) is 0 Å². The van der Waals surface area contributed by atoms with E-state index in [0.29, 0.717) is 16.9 Å². The van der Waals surface area contributed by atoms with Gasteiger partial charge in [0.15, 0.2) is 5.82 Å². The lowest BCUT2D eigenvalue weighted by Crippen LogP contribution is -2.32. The Hall–Kier alpha value is -2.44. The van der Waals surface area contributed by atoms with E-state index >= 15 is 0 Å². The van der Waals surface area contributed by atoms with Crippen LogP contribution in [0.5, 0.6) is 0 Å². The number of pyridine rings is 1. The van der Waals surface area contributed by atoms with Crippen LogP contribution < -0.4 is 16.4 Å². The van der Waals surface area contributed by atoms with E-state index in [1.165, 1.54) is 0 Å². The van der Waals surface area contributed by atoms with Gasteiger partial charge in [0.1, 0.15) is 5.52 Å². The maximum atomic E-state index is 10.9. The second-order valence-corrected chi connectivity index (χ2v) is 3.80. The van der Waals surface area contributed by atoms with Gasteiger partial charge in [0.2, 0.25) is 0 Å². The minimum absolute atomic E-state index is 0.278. The van der Waals surface area contributed by atoms with E-state index in [1.54, 1.807) is 25.6 Å². The first-order chi connectivity index (χ1) is 8.63. The van der Waals surface area contributed by atoms with E-state index in [9.17, 15) is 4.79 Å². The number of carbonyl (C=O) groups is 1. The fraction of sp³-hybridized carbons (Fsp3) is 0.273. The van der Waals surface area contributed by atoms with E-state index in [2.05, 4.69) is 25.6 Å². The van der Waals surface area contributed by atoms with Crippen molar-refractivity contribution in [2.24, 2.45) is 5.73 Å². The predicted molar refractivity (Wildman–Crippen MR) is 68.0 cm³/mol. The van der Waals surface area contributed by atoms with Crippen molar-refractivity contribution in [3.05, 3.63) is 24.2 Å². The van der Waals surface area contributed by atoms with Crippen molar-refractivity contribution in [1.29, 1.82) is 0 Å². The largest absolute Gasteiger partial charge is 0.371 e. The zero-order valence-electron chi connectivity index (χ0n) is 10.1. The molecule has 2 amide bonds. The van der Waals surface area contributed by atoms with Crippen molar-refractivity contribution >= 4 is 22.9 Å². The summed E-state index contributed by atoms with van der Waals surface area (Å²) in [5, 5.41) is 5.55. The van der Waals surface area contributed by atoms with Crippen LogP contribution in [-0.2, 0) is 0 Å². The van der Waals surface area contributed by atoms with E-state index in [4.69, 9.17) is 5.73 Å². The van der Waals surface area contributed by atoms with Gasteiger partial charge in [-0.2, -0.15) is 0 Å². The molecule has 0 fully saturated rings. The molecule has 2 aromatic heterocycles. The van der Waals surface area contributed by atoms with Crippen LogP contribution in [0.2, 0.25) is 0 Å². The summed E-state index contributed by atoms with van der Waals surface area (Å²) in [6, 6.07) is -0.864. The highest BCUT2D eigenvalue weighted by Crippen LogP contribution is 2.24. The summed E-state index contributed by atoms with van der Waals surface area (Å²) in [7, 11) is 1.77. The molecule has 0 aromatic carbocycles. The van der Waals surface area contributed by atoms with Gasteiger partial charge in [-0.3, -0.25) is 4.98 Å². The van der Waals surface area contributed by atoms with E-state index in [-0.39, 0.29) is 6.04 Å². The topological polar surface area (TPSA) is 106 Å². The number of amides is 2. The number of aromatic nitrogens is 3. The first-order valence-electron chi connectivity index (χ1n) is 5.46. The summed E-state index contributed by atoms with van der Waals surface area (Å²) in [6.07, 6.45) is 4.85. The van der Waals surface area contributed by atoms with E-state index in [1.807, 2.05) is 6.92 Å². The van der Waals surface area contributed by atoms with Crippen LogP contribution in [0.25, 0.3) is 11.0 Å². The fourth-order valence-electron chi connectivity index (χ4n) is 1.77. The molecule has 4 N–H and O–H groups in total. The molecule has 0 spiro atoms. The molecule has 1 atom stereocenters. The van der Waals surface area contributed by atoms with Crippen molar-refractivity contribution in [2.75, 3.05) is 12.4 Å². The first kappa shape index (κ1) is 12.0. The van der Waals surface area contributed by atoms with Crippen molar-refractivity contribution in [1.82, 2.24) is 20.3 Å². The Morgan fingerprint density at radius 1 is 1.28 bits per heavy atom. The van der Waals surface area contributed by atoms with Crippen molar-refractivity contribution in [3.8, 4) is 0 Å². The molecule has 0 saturated heterocycles. The first-order valence-corrected chi connectivity index (χ1v) is 5.46. The average Bonchev–Trinajstić information content (AvgIpc) is 2.36. The molecule has 0 saturated carbocycles. The van der Waals surface area contributed by atoms with Gasteiger partial charge in [0, 0.05) is 31.2 Å². The number of hydrogen-bond donors (Lipinski definition) is 3. The van der Waals surface area contributed by atoms with Crippen LogP contribution >= 0.6 is 0 Å². The summed E-state index contributed by atoms with van der Waals surface area (Å²) in [4.78, 5) is 23.7. The summed E-state index contributed by atoms with van der Waals surface area (Å²) in [5.41, 5.74) is 7.24. The number of primary amides is 1. The molecule has 0 bridgehead atoms. The molecular formula is C11H14N6O. The summed E-state index contributed by atoms with van der Waals surface area (Å²) in [5.74, 6) is 0.646. The lowest BCUT2D eigenvalue weighted by Gasteiger charge is -2.14. The van der Waals surface area contributed by atoms with Crippen molar-refractivity contribution in [3.63, 3.8) is 0 Å². The summed E-state index contributed by atoms with van der Waals surface area (Å²) < 4.78 is 0. The number of anilines is 1. The number of urea groups is 1. The maximum absolute atomic E-state index is 10.9. The van der Waals surface area contributed by atoms with Gasteiger partial charge in [-0.05, 0) is 6.92 Å². The number of rotatable bonds is 3.